The maximum Gasteiger partial charge on any atom is 0.248 e. The summed E-state index contributed by atoms with van der Waals surface area (Å²) in [6.07, 6.45) is 3.91. The Balaban J connectivity index is 1.63. The third kappa shape index (κ3) is 3.38. The van der Waals surface area contributed by atoms with Crippen molar-refractivity contribution in [3.63, 3.8) is 0 Å². The van der Waals surface area contributed by atoms with E-state index in [2.05, 4.69) is 5.43 Å². The smallest absolute Gasteiger partial charge is 0.248 e. The topological polar surface area (TPSA) is 56.5 Å². The lowest BCUT2D eigenvalue weighted by molar-refractivity contribution is -0.110. The van der Waals surface area contributed by atoms with Crippen LogP contribution < -0.4 is 11.3 Å². The molecule has 0 aromatic carbocycles. The second kappa shape index (κ2) is 6.07. The van der Waals surface area contributed by atoms with E-state index in [4.69, 9.17) is 15.3 Å². The maximum absolute atomic E-state index is 13.3. The van der Waals surface area contributed by atoms with E-state index in [1.54, 1.807) is 0 Å². The molecule has 3 aliphatic rings. The molecule has 0 amide bonds. The van der Waals surface area contributed by atoms with Gasteiger partial charge in [0.05, 0.1) is 12.2 Å². The molecule has 122 valence electrons. The Labute approximate surface area is 124 Å². The number of nitrogens with one attached hydrogen (secondary N) is 1. The quantitative estimate of drug-likeness (QED) is 0.620. The summed E-state index contributed by atoms with van der Waals surface area (Å²) < 4.78 is 38.1. The Morgan fingerprint density at radius 2 is 1.81 bits per heavy atom. The predicted molar refractivity (Wildman–Crippen MR) is 74.9 cm³/mol. The summed E-state index contributed by atoms with van der Waals surface area (Å²) in [6.45, 7) is 2.13. The molecule has 21 heavy (non-hydrogen) atoms. The Hall–Kier alpha value is -0.300. The molecule has 0 bridgehead atoms. The molecule has 2 heterocycles. The van der Waals surface area contributed by atoms with Crippen molar-refractivity contribution in [2.45, 2.75) is 62.5 Å². The van der Waals surface area contributed by atoms with E-state index in [0.29, 0.717) is 25.4 Å². The van der Waals surface area contributed by atoms with E-state index in [0.717, 1.165) is 32.5 Å². The average Bonchev–Trinajstić information content (AvgIpc) is 2.89. The molecular formula is C15H26F2N2O2. The van der Waals surface area contributed by atoms with Crippen molar-refractivity contribution in [3.8, 4) is 0 Å². The molecule has 0 aromatic heterocycles. The van der Waals surface area contributed by atoms with E-state index in [1.807, 2.05) is 0 Å². The molecule has 1 spiro atoms. The van der Waals surface area contributed by atoms with Crippen LogP contribution in [0.3, 0.4) is 0 Å². The lowest BCUT2D eigenvalue weighted by Gasteiger charge is -2.43. The number of ether oxygens (including phenoxy) is 2. The Kier molecular flexibility index (Phi) is 4.50. The van der Waals surface area contributed by atoms with Gasteiger partial charge in [-0.3, -0.25) is 11.3 Å². The van der Waals surface area contributed by atoms with Gasteiger partial charge in [-0.2, -0.15) is 0 Å². The van der Waals surface area contributed by atoms with Gasteiger partial charge in [0.15, 0.2) is 0 Å². The van der Waals surface area contributed by atoms with Crippen molar-refractivity contribution in [2.75, 3.05) is 19.8 Å². The van der Waals surface area contributed by atoms with Crippen LogP contribution in [0.4, 0.5) is 8.78 Å². The molecule has 2 aliphatic heterocycles. The summed E-state index contributed by atoms with van der Waals surface area (Å²) in [5, 5.41) is 0. The molecule has 3 N–H and O–H groups in total. The third-order valence-electron chi connectivity index (χ3n) is 5.57. The number of hydrazine groups is 1. The number of halogens is 2. The molecule has 3 fully saturated rings. The van der Waals surface area contributed by atoms with Gasteiger partial charge in [-0.05, 0) is 37.5 Å². The Morgan fingerprint density at radius 1 is 1.05 bits per heavy atom. The van der Waals surface area contributed by atoms with E-state index in [1.165, 1.54) is 0 Å². The third-order valence-corrected chi connectivity index (χ3v) is 5.57. The molecular weight excluding hydrogens is 278 g/mol. The lowest BCUT2D eigenvalue weighted by atomic mass is 9.72. The zero-order chi connectivity index (χ0) is 14.9. The van der Waals surface area contributed by atoms with Gasteiger partial charge < -0.3 is 9.47 Å². The van der Waals surface area contributed by atoms with Crippen LogP contribution in [0.25, 0.3) is 0 Å². The van der Waals surface area contributed by atoms with Crippen LogP contribution in [0.15, 0.2) is 0 Å². The van der Waals surface area contributed by atoms with Crippen molar-refractivity contribution >= 4 is 0 Å². The van der Waals surface area contributed by atoms with E-state index < -0.39 is 5.92 Å². The fourth-order valence-electron chi connectivity index (χ4n) is 4.31. The van der Waals surface area contributed by atoms with Gasteiger partial charge in [0.2, 0.25) is 5.92 Å². The largest absolute Gasteiger partial charge is 0.378 e. The number of hydrogen-bond acceptors (Lipinski definition) is 4. The predicted octanol–water partition coefficient (Wildman–Crippen LogP) is 2.23. The molecule has 1 aliphatic carbocycles. The first-order valence-corrected chi connectivity index (χ1v) is 8.09. The Morgan fingerprint density at radius 3 is 2.43 bits per heavy atom. The summed E-state index contributed by atoms with van der Waals surface area (Å²) in [7, 11) is 0. The normalized spacial score (nSPS) is 38.7. The van der Waals surface area contributed by atoms with E-state index in [9.17, 15) is 8.78 Å². The molecule has 1 saturated carbocycles. The molecule has 0 aromatic rings. The van der Waals surface area contributed by atoms with Gasteiger partial charge in [-0.15, -0.1) is 0 Å². The van der Waals surface area contributed by atoms with Crippen LogP contribution in [0.1, 0.15) is 44.9 Å². The summed E-state index contributed by atoms with van der Waals surface area (Å²) in [5.41, 5.74) is 2.78. The van der Waals surface area contributed by atoms with Gasteiger partial charge in [-0.1, -0.05) is 0 Å². The molecule has 2 saturated heterocycles. The van der Waals surface area contributed by atoms with E-state index >= 15 is 0 Å². The SMILES string of the molecule is NNC(C1CCC(F)(F)CC1)C1CCOC2(CCOC2)C1. The zero-order valence-electron chi connectivity index (χ0n) is 12.5. The first kappa shape index (κ1) is 15.6. The first-order valence-electron chi connectivity index (χ1n) is 8.09. The minimum Gasteiger partial charge on any atom is -0.378 e. The van der Waals surface area contributed by atoms with Crippen molar-refractivity contribution in [1.29, 1.82) is 0 Å². The highest BCUT2D eigenvalue weighted by Crippen LogP contribution is 2.43. The van der Waals surface area contributed by atoms with Crippen LogP contribution in [-0.4, -0.2) is 37.4 Å². The standard InChI is InChI=1S/C15H26F2N2O2/c16-15(17)4-1-11(2-5-15)13(19-18)12-3-7-21-14(9-12)6-8-20-10-14/h11-13,19H,1-10,18H2. The lowest BCUT2D eigenvalue weighted by Crippen LogP contribution is -2.53. The molecule has 6 heteroatoms. The zero-order valence-corrected chi connectivity index (χ0v) is 12.5. The van der Waals surface area contributed by atoms with Crippen molar-refractivity contribution < 1.29 is 18.3 Å². The summed E-state index contributed by atoms with van der Waals surface area (Å²) in [6, 6.07) is 0.113. The van der Waals surface area contributed by atoms with Gasteiger partial charge in [0, 0.05) is 38.5 Å². The Bertz CT molecular complexity index is 352. The first-order chi connectivity index (χ1) is 10.0. The highest BCUT2D eigenvalue weighted by atomic mass is 19.3. The van der Waals surface area contributed by atoms with Gasteiger partial charge >= 0.3 is 0 Å². The molecule has 3 atom stereocenters. The molecule has 0 radical (unpaired) electrons. The highest BCUT2D eigenvalue weighted by Gasteiger charge is 2.45. The fourth-order valence-corrected chi connectivity index (χ4v) is 4.31. The average molecular weight is 304 g/mol. The monoisotopic (exact) mass is 304 g/mol. The fraction of sp³-hybridized carbons (Fsp3) is 1.00. The number of hydrogen-bond donors (Lipinski definition) is 2. The maximum atomic E-state index is 13.3. The second-order valence-corrected chi connectivity index (χ2v) is 6.97. The van der Waals surface area contributed by atoms with Crippen molar-refractivity contribution in [2.24, 2.45) is 17.7 Å². The number of alkyl halides is 2. The number of rotatable bonds is 3. The highest BCUT2D eigenvalue weighted by molar-refractivity contribution is 4.96. The van der Waals surface area contributed by atoms with Gasteiger partial charge in [-0.25, -0.2) is 8.78 Å². The minimum absolute atomic E-state index is 0.00663. The summed E-state index contributed by atoms with van der Waals surface area (Å²) >= 11 is 0. The van der Waals surface area contributed by atoms with Gasteiger partial charge in [0.1, 0.15) is 0 Å². The van der Waals surface area contributed by atoms with Crippen LogP contribution in [0.2, 0.25) is 0 Å². The van der Waals surface area contributed by atoms with Crippen molar-refractivity contribution in [1.82, 2.24) is 5.43 Å². The van der Waals surface area contributed by atoms with Crippen LogP contribution >= 0.6 is 0 Å². The minimum atomic E-state index is -2.48. The molecule has 3 rings (SSSR count). The van der Waals surface area contributed by atoms with Crippen LogP contribution in [-0.2, 0) is 9.47 Å². The van der Waals surface area contributed by atoms with Gasteiger partial charge in [0.25, 0.3) is 0 Å². The summed E-state index contributed by atoms with van der Waals surface area (Å²) in [4.78, 5) is 0. The molecule has 4 nitrogen and oxygen atoms in total. The second-order valence-electron chi connectivity index (χ2n) is 6.97. The van der Waals surface area contributed by atoms with Crippen LogP contribution in [0.5, 0.6) is 0 Å². The molecule has 3 unspecified atom stereocenters. The summed E-state index contributed by atoms with van der Waals surface area (Å²) in [5.74, 6) is 3.94. The number of nitrogens with two attached hydrogens (primary N) is 1. The van der Waals surface area contributed by atoms with Crippen molar-refractivity contribution in [3.05, 3.63) is 0 Å². The van der Waals surface area contributed by atoms with E-state index in [-0.39, 0.29) is 30.4 Å². The van der Waals surface area contributed by atoms with Crippen LogP contribution in [0, 0.1) is 11.8 Å².